The molecule has 1 N–H and O–H groups in total. The van der Waals surface area contributed by atoms with Gasteiger partial charge in [-0.05, 0) is 25.0 Å². The fourth-order valence-electron chi connectivity index (χ4n) is 3.10. The maximum absolute atomic E-state index is 13.8. The number of rotatable bonds is 3. The van der Waals surface area contributed by atoms with E-state index in [2.05, 4.69) is 0 Å². The van der Waals surface area contributed by atoms with E-state index in [-0.39, 0.29) is 11.6 Å². The predicted molar refractivity (Wildman–Crippen MR) is 80.7 cm³/mol. The average molecular weight is 340 g/mol. The predicted octanol–water partition coefficient (Wildman–Crippen LogP) is 1.25. The Morgan fingerprint density at radius 3 is 2.38 bits per heavy atom. The maximum Gasteiger partial charge on any atom is 0.332 e. The summed E-state index contributed by atoms with van der Waals surface area (Å²) in [5, 5.41) is 8.91. The van der Waals surface area contributed by atoms with Crippen molar-refractivity contribution in [1.82, 2.24) is 4.90 Å². The van der Waals surface area contributed by atoms with Crippen molar-refractivity contribution in [1.29, 1.82) is 0 Å². The summed E-state index contributed by atoms with van der Waals surface area (Å²) in [6.07, 6.45) is -0.959. The van der Waals surface area contributed by atoms with E-state index in [1.807, 2.05) is 0 Å². The number of halogens is 2. The van der Waals surface area contributed by atoms with E-state index >= 15 is 0 Å². The number of benzene rings is 1. The molecule has 2 saturated heterocycles. The zero-order valence-electron chi connectivity index (χ0n) is 13.0. The molecule has 0 radical (unpaired) electrons. The molecule has 2 fully saturated rings. The lowest BCUT2D eigenvalue weighted by Gasteiger charge is -2.37. The number of carboxylic acids is 1. The molecule has 6 nitrogen and oxygen atoms in total. The largest absolute Gasteiger partial charge is 0.479 e. The van der Waals surface area contributed by atoms with Crippen molar-refractivity contribution in [2.45, 2.75) is 25.0 Å². The number of hydrogen-bond donors (Lipinski definition) is 1. The van der Waals surface area contributed by atoms with Gasteiger partial charge in [0.2, 0.25) is 0 Å². The van der Waals surface area contributed by atoms with Gasteiger partial charge in [-0.1, -0.05) is 0 Å². The number of ether oxygens (including phenoxy) is 1. The summed E-state index contributed by atoms with van der Waals surface area (Å²) in [5.74, 6) is -2.31. The van der Waals surface area contributed by atoms with E-state index in [9.17, 15) is 18.4 Å². The highest BCUT2D eigenvalue weighted by Crippen LogP contribution is 2.24. The normalized spacial score (nSPS) is 24.2. The van der Waals surface area contributed by atoms with Crippen LogP contribution in [0.3, 0.4) is 0 Å². The summed E-state index contributed by atoms with van der Waals surface area (Å²) < 4.78 is 32.4. The molecule has 0 aromatic heterocycles. The summed E-state index contributed by atoms with van der Waals surface area (Å²) in [7, 11) is 0. The van der Waals surface area contributed by atoms with Gasteiger partial charge in [0, 0.05) is 32.2 Å². The third kappa shape index (κ3) is 3.33. The molecule has 3 rings (SSSR count). The second kappa shape index (κ2) is 6.72. The molecule has 0 bridgehead atoms. The highest BCUT2D eigenvalue weighted by Gasteiger charge is 2.37. The first-order valence-corrected chi connectivity index (χ1v) is 7.83. The Kier molecular flexibility index (Phi) is 4.66. The van der Waals surface area contributed by atoms with Crippen LogP contribution in [0.5, 0.6) is 0 Å². The molecule has 1 aromatic carbocycles. The molecule has 1 aromatic rings. The van der Waals surface area contributed by atoms with Gasteiger partial charge in [0.15, 0.2) is 6.10 Å². The van der Waals surface area contributed by atoms with Crippen LogP contribution in [0.4, 0.5) is 14.5 Å². The van der Waals surface area contributed by atoms with Crippen molar-refractivity contribution < 1.29 is 28.2 Å². The number of nitrogens with zero attached hydrogens (tertiary/aromatic N) is 2. The lowest BCUT2D eigenvalue weighted by molar-refractivity contribution is -0.154. The van der Waals surface area contributed by atoms with Crippen LogP contribution < -0.4 is 4.90 Å². The summed E-state index contributed by atoms with van der Waals surface area (Å²) in [5.41, 5.74) is 0.185. The van der Waals surface area contributed by atoms with Crippen LogP contribution in [0, 0.1) is 11.6 Å². The van der Waals surface area contributed by atoms with Crippen LogP contribution in [-0.4, -0.2) is 60.3 Å². The number of carbonyl (C=O) groups excluding carboxylic acids is 1. The fraction of sp³-hybridized carbons (Fsp3) is 0.500. The number of hydrogen-bond acceptors (Lipinski definition) is 4. The van der Waals surface area contributed by atoms with E-state index < -0.39 is 29.8 Å². The minimum absolute atomic E-state index is 0.185. The highest BCUT2D eigenvalue weighted by atomic mass is 19.1. The van der Waals surface area contributed by atoms with Crippen LogP contribution in [0.1, 0.15) is 12.8 Å². The first-order chi connectivity index (χ1) is 11.5. The van der Waals surface area contributed by atoms with Crippen molar-refractivity contribution in [2.75, 3.05) is 31.1 Å². The third-order valence-corrected chi connectivity index (χ3v) is 4.41. The minimum Gasteiger partial charge on any atom is -0.479 e. The molecule has 2 atom stereocenters. The quantitative estimate of drug-likeness (QED) is 0.897. The number of carboxylic acid groups (broad SMARTS) is 1. The van der Waals surface area contributed by atoms with Crippen LogP contribution in [0.15, 0.2) is 18.2 Å². The van der Waals surface area contributed by atoms with E-state index in [0.29, 0.717) is 39.0 Å². The first kappa shape index (κ1) is 16.6. The second-order valence-corrected chi connectivity index (χ2v) is 5.94. The Labute approximate surface area is 137 Å². The van der Waals surface area contributed by atoms with Gasteiger partial charge >= 0.3 is 5.97 Å². The van der Waals surface area contributed by atoms with Crippen molar-refractivity contribution >= 4 is 17.6 Å². The third-order valence-electron chi connectivity index (χ3n) is 4.41. The van der Waals surface area contributed by atoms with Gasteiger partial charge in [0.1, 0.15) is 17.7 Å². The van der Waals surface area contributed by atoms with Gasteiger partial charge in [0.05, 0.1) is 5.69 Å². The molecule has 2 aliphatic heterocycles. The highest BCUT2D eigenvalue weighted by molar-refractivity contribution is 5.83. The van der Waals surface area contributed by atoms with E-state index in [1.54, 1.807) is 9.80 Å². The molecule has 0 saturated carbocycles. The van der Waals surface area contributed by atoms with Crippen molar-refractivity contribution in [3.05, 3.63) is 29.8 Å². The minimum atomic E-state index is -1.06. The molecule has 130 valence electrons. The summed E-state index contributed by atoms with van der Waals surface area (Å²) in [6, 6.07) is 3.29. The Bertz CT molecular complexity index is 647. The SMILES string of the molecule is O=C(O)[C@H]1CC[C@@H](C(=O)N2CCN(c3cc(F)ccc3F)CC2)O1. The van der Waals surface area contributed by atoms with Gasteiger partial charge in [-0.2, -0.15) is 0 Å². The van der Waals surface area contributed by atoms with Crippen LogP contribution in [0.25, 0.3) is 0 Å². The molecule has 0 spiro atoms. The molecular formula is C16H18F2N2O4. The number of anilines is 1. The summed E-state index contributed by atoms with van der Waals surface area (Å²) >= 11 is 0. The van der Waals surface area contributed by atoms with Crippen molar-refractivity contribution in [3.63, 3.8) is 0 Å². The molecule has 0 unspecified atom stereocenters. The molecule has 8 heteroatoms. The Balaban J connectivity index is 1.58. The molecular weight excluding hydrogens is 322 g/mol. The van der Waals surface area contributed by atoms with E-state index in [1.165, 1.54) is 0 Å². The number of amides is 1. The second-order valence-electron chi connectivity index (χ2n) is 5.94. The fourth-order valence-corrected chi connectivity index (χ4v) is 3.10. The van der Waals surface area contributed by atoms with Crippen LogP contribution >= 0.6 is 0 Å². The summed E-state index contributed by atoms with van der Waals surface area (Å²) in [4.78, 5) is 26.5. The molecule has 2 aliphatic rings. The van der Waals surface area contributed by atoms with Crippen LogP contribution in [0.2, 0.25) is 0 Å². The number of aliphatic carboxylic acids is 1. The molecule has 24 heavy (non-hydrogen) atoms. The maximum atomic E-state index is 13.8. The molecule has 2 heterocycles. The molecule has 1 amide bonds. The van der Waals surface area contributed by atoms with Crippen molar-refractivity contribution in [3.8, 4) is 0 Å². The summed E-state index contributed by atoms with van der Waals surface area (Å²) in [6.45, 7) is 1.46. The van der Waals surface area contributed by atoms with Gasteiger partial charge in [-0.25, -0.2) is 13.6 Å². The lowest BCUT2D eigenvalue weighted by Crippen LogP contribution is -2.51. The average Bonchev–Trinajstić information content (AvgIpc) is 3.07. The van der Waals surface area contributed by atoms with Gasteiger partial charge < -0.3 is 19.6 Å². The van der Waals surface area contributed by atoms with Gasteiger partial charge in [-0.3, -0.25) is 4.79 Å². The number of piperazine rings is 1. The van der Waals surface area contributed by atoms with E-state index in [0.717, 1.165) is 18.2 Å². The standard InChI is InChI=1S/C16H18F2N2O4/c17-10-1-2-11(18)12(9-10)19-5-7-20(8-6-19)15(21)13-3-4-14(24-13)16(22)23/h1-2,9,13-14H,3-8H2,(H,22,23)/t13-,14+/m0/s1. The Morgan fingerprint density at radius 2 is 1.75 bits per heavy atom. The monoisotopic (exact) mass is 340 g/mol. The number of carbonyl (C=O) groups is 2. The zero-order chi connectivity index (χ0) is 17.3. The topological polar surface area (TPSA) is 70.1 Å². The lowest BCUT2D eigenvalue weighted by atomic mass is 10.1. The zero-order valence-corrected chi connectivity index (χ0v) is 13.0. The Hall–Kier alpha value is -2.22. The smallest absolute Gasteiger partial charge is 0.332 e. The Morgan fingerprint density at radius 1 is 1.08 bits per heavy atom. The van der Waals surface area contributed by atoms with Crippen LogP contribution in [-0.2, 0) is 14.3 Å². The molecule has 0 aliphatic carbocycles. The van der Waals surface area contributed by atoms with Crippen molar-refractivity contribution in [2.24, 2.45) is 0 Å². The van der Waals surface area contributed by atoms with Gasteiger partial charge in [0.25, 0.3) is 5.91 Å². The van der Waals surface area contributed by atoms with Gasteiger partial charge in [-0.15, -0.1) is 0 Å². The van der Waals surface area contributed by atoms with E-state index in [4.69, 9.17) is 9.84 Å². The first-order valence-electron chi connectivity index (χ1n) is 7.83.